The molecule has 10 heteroatoms. The molecule has 4 aromatic carbocycles. The van der Waals surface area contributed by atoms with Crippen LogP contribution in [0.2, 0.25) is 10.0 Å². The van der Waals surface area contributed by atoms with E-state index in [1.807, 2.05) is 12.1 Å². The van der Waals surface area contributed by atoms with Crippen LogP contribution in [0.1, 0.15) is 0 Å². The van der Waals surface area contributed by atoms with Gasteiger partial charge in [0.25, 0.3) is 0 Å². The Morgan fingerprint density at radius 1 is 0.472 bits per heavy atom. The largest absolute Gasteiger partial charge is 0.519 e. The van der Waals surface area contributed by atoms with Gasteiger partial charge in [-0.1, -0.05) is 71.7 Å². The van der Waals surface area contributed by atoms with Crippen molar-refractivity contribution < 1.29 is 28.5 Å². The molecule has 0 saturated heterocycles. The Balaban J connectivity index is 0.000000201. The molecule has 0 heterocycles. The lowest BCUT2D eigenvalue weighted by molar-refractivity contribution is 0.150. The number of halogens is 4. The highest BCUT2D eigenvalue weighted by Gasteiger charge is 2.13. The van der Waals surface area contributed by atoms with Crippen LogP contribution in [0.4, 0.5) is 9.59 Å². The van der Waals surface area contributed by atoms with Gasteiger partial charge in [0.05, 0.1) is 19.0 Å². The van der Waals surface area contributed by atoms with Crippen molar-refractivity contribution in [1.29, 1.82) is 0 Å². The molecule has 0 unspecified atom stereocenters. The number of hydrogen-bond acceptors (Lipinski definition) is 6. The molecular weight excluding hydrogens is 639 g/mol. The number of ether oxygens (including phenoxy) is 4. The van der Waals surface area contributed by atoms with Crippen LogP contribution in [0.15, 0.2) is 106 Å². The lowest BCUT2D eigenvalue weighted by Gasteiger charge is -2.07. The van der Waals surface area contributed by atoms with Crippen LogP contribution in [0.5, 0.6) is 23.0 Å². The van der Waals surface area contributed by atoms with Crippen molar-refractivity contribution in [2.45, 2.75) is 0 Å². The molecule has 6 nitrogen and oxygen atoms in total. The number of para-hydroxylation sites is 4. The first kappa shape index (κ1) is 27.5. The van der Waals surface area contributed by atoms with E-state index in [1.54, 1.807) is 84.9 Å². The number of carbonyl (C=O) groups excluding carboxylic acids is 2. The second kappa shape index (κ2) is 13.9. The van der Waals surface area contributed by atoms with Gasteiger partial charge in [-0.25, -0.2) is 9.59 Å². The molecule has 0 bridgehead atoms. The first-order chi connectivity index (χ1) is 17.3. The maximum absolute atomic E-state index is 11.6. The summed E-state index contributed by atoms with van der Waals surface area (Å²) in [5, 5.41) is 0.655. The van der Waals surface area contributed by atoms with Crippen molar-refractivity contribution in [2.75, 3.05) is 0 Å². The molecule has 0 aliphatic carbocycles. The standard InChI is InChI=1S/C13H8Br2O3.C13H8Cl2O3/c2*14-9-5-1-3-7-11(9)17-13(16)18-12-8-4-2-6-10(12)15/h2*1-8H. The van der Waals surface area contributed by atoms with E-state index >= 15 is 0 Å². The van der Waals surface area contributed by atoms with Crippen LogP contribution in [0.25, 0.3) is 0 Å². The number of rotatable bonds is 4. The molecule has 0 N–H and O–H groups in total. The van der Waals surface area contributed by atoms with E-state index in [0.29, 0.717) is 30.5 Å². The molecule has 0 amide bonds. The Hall–Kier alpha value is -3.04. The third-order valence-corrected chi connectivity index (χ3v) is 6.05. The second-order valence-corrected chi connectivity index (χ2v) is 9.15. The van der Waals surface area contributed by atoms with Gasteiger partial charge in [0.1, 0.15) is 11.5 Å². The molecule has 4 rings (SSSR count). The first-order valence-electron chi connectivity index (χ1n) is 10.1. The summed E-state index contributed by atoms with van der Waals surface area (Å²) >= 11 is 18.3. The normalized spacial score (nSPS) is 9.89. The van der Waals surface area contributed by atoms with Crippen LogP contribution in [0, 0.1) is 0 Å². The molecule has 0 fully saturated rings. The van der Waals surface area contributed by atoms with Crippen molar-refractivity contribution in [2.24, 2.45) is 0 Å². The van der Waals surface area contributed by atoms with E-state index < -0.39 is 12.3 Å². The molecule has 0 saturated carbocycles. The molecule has 0 aromatic heterocycles. The molecule has 0 spiro atoms. The highest BCUT2D eigenvalue weighted by Crippen LogP contribution is 2.28. The molecular formula is C26H16Br2Cl2O6. The average Bonchev–Trinajstić information content (AvgIpc) is 2.85. The minimum Gasteiger partial charge on any atom is -0.394 e. The number of hydrogen-bond donors (Lipinski definition) is 0. The van der Waals surface area contributed by atoms with Crippen molar-refractivity contribution >= 4 is 67.4 Å². The monoisotopic (exact) mass is 652 g/mol. The highest BCUT2D eigenvalue weighted by molar-refractivity contribution is 9.10. The zero-order valence-electron chi connectivity index (χ0n) is 18.2. The number of carbonyl (C=O) groups is 2. The van der Waals surface area contributed by atoms with E-state index in [1.165, 1.54) is 0 Å². The Morgan fingerprint density at radius 2 is 0.750 bits per heavy atom. The third kappa shape index (κ3) is 8.57. The number of benzene rings is 4. The lowest BCUT2D eigenvalue weighted by Crippen LogP contribution is -2.14. The van der Waals surface area contributed by atoms with Gasteiger partial charge in [-0.2, -0.15) is 0 Å². The molecule has 0 atom stereocenters. The van der Waals surface area contributed by atoms with Crippen LogP contribution in [-0.2, 0) is 0 Å². The van der Waals surface area contributed by atoms with Crippen molar-refractivity contribution in [3.8, 4) is 23.0 Å². The van der Waals surface area contributed by atoms with Crippen LogP contribution in [0.3, 0.4) is 0 Å². The fraction of sp³-hybridized carbons (Fsp3) is 0. The molecule has 0 aliphatic rings. The third-order valence-electron chi connectivity index (χ3n) is 4.12. The molecule has 0 aliphatic heterocycles. The Labute approximate surface area is 233 Å². The van der Waals surface area contributed by atoms with Gasteiger partial charge in [-0.15, -0.1) is 0 Å². The summed E-state index contributed by atoms with van der Waals surface area (Å²) in [5.74, 6) is 1.29. The van der Waals surface area contributed by atoms with Gasteiger partial charge < -0.3 is 18.9 Å². The smallest absolute Gasteiger partial charge is 0.394 e. The fourth-order valence-electron chi connectivity index (χ4n) is 2.51. The van der Waals surface area contributed by atoms with E-state index in [9.17, 15) is 9.59 Å². The Morgan fingerprint density at radius 3 is 1.08 bits per heavy atom. The first-order valence-corrected chi connectivity index (χ1v) is 12.4. The van der Waals surface area contributed by atoms with Gasteiger partial charge in [0, 0.05) is 0 Å². The summed E-state index contributed by atoms with van der Waals surface area (Å²) in [6.45, 7) is 0. The van der Waals surface area contributed by atoms with Gasteiger partial charge in [-0.3, -0.25) is 0 Å². The Bertz CT molecular complexity index is 1150. The maximum Gasteiger partial charge on any atom is 0.519 e. The highest BCUT2D eigenvalue weighted by atomic mass is 79.9. The minimum absolute atomic E-state index is 0.233. The minimum atomic E-state index is -0.892. The summed E-state index contributed by atoms with van der Waals surface area (Å²) in [6.07, 6.45) is -1.68. The summed E-state index contributed by atoms with van der Waals surface area (Å²) in [7, 11) is 0. The van der Waals surface area contributed by atoms with Crippen LogP contribution in [-0.4, -0.2) is 12.3 Å². The van der Waals surface area contributed by atoms with E-state index in [4.69, 9.17) is 42.1 Å². The van der Waals surface area contributed by atoms with Gasteiger partial charge in [0.2, 0.25) is 0 Å². The van der Waals surface area contributed by atoms with E-state index in [-0.39, 0.29) is 11.5 Å². The molecule has 184 valence electrons. The van der Waals surface area contributed by atoms with Crippen LogP contribution >= 0.6 is 55.1 Å². The van der Waals surface area contributed by atoms with Gasteiger partial charge in [0.15, 0.2) is 11.5 Å². The predicted molar refractivity (Wildman–Crippen MR) is 144 cm³/mol. The zero-order valence-corrected chi connectivity index (χ0v) is 22.9. The second-order valence-electron chi connectivity index (χ2n) is 6.63. The SMILES string of the molecule is O=C(Oc1ccccc1Br)Oc1ccccc1Br.O=C(Oc1ccccc1Cl)Oc1ccccc1Cl. The fourth-order valence-corrected chi connectivity index (χ4v) is 3.59. The van der Waals surface area contributed by atoms with Crippen molar-refractivity contribution in [1.82, 2.24) is 0 Å². The molecule has 4 aromatic rings. The van der Waals surface area contributed by atoms with Gasteiger partial charge >= 0.3 is 12.3 Å². The van der Waals surface area contributed by atoms with Gasteiger partial charge in [-0.05, 0) is 80.4 Å². The summed E-state index contributed by atoms with van der Waals surface area (Å²) in [5.41, 5.74) is 0. The topological polar surface area (TPSA) is 71.1 Å². The molecule has 36 heavy (non-hydrogen) atoms. The van der Waals surface area contributed by atoms with Crippen molar-refractivity contribution in [3.63, 3.8) is 0 Å². The summed E-state index contributed by atoms with van der Waals surface area (Å²) in [6, 6.07) is 27.3. The lowest BCUT2D eigenvalue weighted by atomic mass is 10.3. The quantitative estimate of drug-likeness (QED) is 0.161. The summed E-state index contributed by atoms with van der Waals surface area (Å²) in [4.78, 5) is 23.1. The summed E-state index contributed by atoms with van der Waals surface area (Å²) < 4.78 is 21.4. The van der Waals surface area contributed by atoms with E-state index in [0.717, 1.165) is 0 Å². The zero-order chi connectivity index (χ0) is 25.9. The van der Waals surface area contributed by atoms with Crippen LogP contribution < -0.4 is 18.9 Å². The Kier molecular flexibility index (Phi) is 10.6. The predicted octanol–water partition coefficient (Wildman–Crippen LogP) is 9.36. The average molecular weight is 655 g/mol. The van der Waals surface area contributed by atoms with Crippen molar-refractivity contribution in [3.05, 3.63) is 116 Å². The maximum atomic E-state index is 11.6. The van der Waals surface area contributed by atoms with E-state index in [2.05, 4.69) is 31.9 Å². The molecule has 0 radical (unpaired) electrons.